The Labute approximate surface area is 129 Å². The number of benzene rings is 2. The molecule has 0 fully saturated rings. The van der Waals surface area contributed by atoms with Gasteiger partial charge in [-0.3, -0.25) is 9.78 Å². The predicted octanol–water partition coefficient (Wildman–Crippen LogP) is 4.93. The van der Waals surface area contributed by atoms with Crippen LogP contribution in [0.5, 0.6) is 0 Å². The summed E-state index contributed by atoms with van der Waals surface area (Å²) in [6, 6.07) is 17.2. The SMILES string of the molecule is O=C(Sc1cccc2cccnc12)c1cccc(Br)c1. The van der Waals surface area contributed by atoms with Gasteiger partial charge in [-0.15, -0.1) is 0 Å². The highest BCUT2D eigenvalue weighted by Crippen LogP contribution is 2.29. The van der Waals surface area contributed by atoms with E-state index in [-0.39, 0.29) is 5.12 Å². The van der Waals surface area contributed by atoms with Gasteiger partial charge in [0.25, 0.3) is 0 Å². The molecule has 3 aromatic rings. The third-order valence-corrected chi connectivity index (χ3v) is 4.32. The molecule has 2 nitrogen and oxygen atoms in total. The topological polar surface area (TPSA) is 30.0 Å². The van der Waals surface area contributed by atoms with Crippen LogP contribution in [0.2, 0.25) is 0 Å². The molecule has 2 aromatic carbocycles. The van der Waals surface area contributed by atoms with Crippen LogP contribution in [-0.4, -0.2) is 10.1 Å². The van der Waals surface area contributed by atoms with Gasteiger partial charge in [0, 0.05) is 26.5 Å². The maximum absolute atomic E-state index is 12.3. The van der Waals surface area contributed by atoms with Gasteiger partial charge < -0.3 is 0 Å². The number of nitrogens with zero attached hydrogens (tertiary/aromatic N) is 1. The molecule has 0 amide bonds. The second-order valence-electron chi connectivity index (χ2n) is 4.23. The van der Waals surface area contributed by atoms with Crippen LogP contribution in [0.15, 0.2) is 70.2 Å². The van der Waals surface area contributed by atoms with Crippen molar-refractivity contribution < 1.29 is 4.79 Å². The first-order valence-corrected chi connectivity index (χ1v) is 7.66. The molecule has 98 valence electrons. The monoisotopic (exact) mass is 343 g/mol. The number of halogens is 1. The van der Waals surface area contributed by atoms with Gasteiger partial charge in [0.2, 0.25) is 5.12 Å². The first-order valence-electron chi connectivity index (χ1n) is 6.05. The van der Waals surface area contributed by atoms with E-state index in [4.69, 9.17) is 0 Å². The summed E-state index contributed by atoms with van der Waals surface area (Å²) in [5.74, 6) is 0. The van der Waals surface area contributed by atoms with Crippen LogP contribution in [0.1, 0.15) is 10.4 Å². The van der Waals surface area contributed by atoms with Crippen LogP contribution in [0.4, 0.5) is 0 Å². The molecule has 3 rings (SSSR count). The van der Waals surface area contributed by atoms with Crippen LogP contribution in [0.25, 0.3) is 10.9 Å². The minimum absolute atomic E-state index is 0.0180. The lowest BCUT2D eigenvalue weighted by Gasteiger charge is -2.05. The molecular formula is C16H10BrNOS. The van der Waals surface area contributed by atoms with Crippen molar-refractivity contribution >= 4 is 43.7 Å². The fraction of sp³-hybridized carbons (Fsp3) is 0. The third-order valence-electron chi connectivity index (χ3n) is 2.86. The molecule has 0 atom stereocenters. The van der Waals surface area contributed by atoms with Crippen molar-refractivity contribution in [3.8, 4) is 0 Å². The summed E-state index contributed by atoms with van der Waals surface area (Å²) in [5.41, 5.74) is 1.54. The summed E-state index contributed by atoms with van der Waals surface area (Å²) >= 11 is 4.59. The smallest absolute Gasteiger partial charge is 0.224 e. The molecule has 0 aliphatic heterocycles. The minimum Gasteiger partial charge on any atom is -0.281 e. The van der Waals surface area contributed by atoms with Gasteiger partial charge in [0.15, 0.2) is 0 Å². The summed E-state index contributed by atoms with van der Waals surface area (Å²) in [6.45, 7) is 0. The standard InChI is InChI=1S/C16H10BrNOS/c17-13-7-1-5-12(10-13)16(19)20-14-8-2-4-11-6-3-9-18-15(11)14/h1-10H. The lowest BCUT2D eigenvalue weighted by molar-refractivity contribution is 0.108. The van der Waals surface area contributed by atoms with E-state index in [2.05, 4.69) is 20.9 Å². The summed E-state index contributed by atoms with van der Waals surface area (Å²) in [4.78, 5) is 17.6. The normalized spacial score (nSPS) is 10.7. The molecule has 1 aromatic heterocycles. The zero-order chi connectivity index (χ0) is 13.9. The summed E-state index contributed by atoms with van der Waals surface area (Å²) in [7, 11) is 0. The van der Waals surface area contributed by atoms with Gasteiger partial charge in [0.1, 0.15) is 0 Å². The minimum atomic E-state index is 0.0180. The van der Waals surface area contributed by atoms with Gasteiger partial charge in [-0.1, -0.05) is 46.3 Å². The zero-order valence-electron chi connectivity index (χ0n) is 10.4. The number of hydrogen-bond acceptors (Lipinski definition) is 3. The number of carbonyl (C=O) groups is 1. The second-order valence-corrected chi connectivity index (χ2v) is 6.16. The largest absolute Gasteiger partial charge is 0.281 e. The highest BCUT2D eigenvalue weighted by molar-refractivity contribution is 9.10. The number of thioether (sulfide) groups is 1. The molecule has 1 heterocycles. The summed E-state index contributed by atoms with van der Waals surface area (Å²) in [6.07, 6.45) is 1.75. The molecule has 0 aliphatic carbocycles. The fourth-order valence-corrected chi connectivity index (χ4v) is 3.19. The molecule has 4 heteroatoms. The van der Waals surface area contributed by atoms with E-state index in [0.29, 0.717) is 5.56 Å². The Balaban J connectivity index is 1.95. The number of para-hydroxylation sites is 1. The second kappa shape index (κ2) is 5.77. The number of fused-ring (bicyclic) bond motifs is 1. The van der Waals surface area contributed by atoms with E-state index in [1.807, 2.05) is 54.6 Å². The Hall–Kier alpha value is -1.65. The van der Waals surface area contributed by atoms with E-state index in [9.17, 15) is 4.79 Å². The highest BCUT2D eigenvalue weighted by Gasteiger charge is 2.11. The van der Waals surface area contributed by atoms with Crippen molar-refractivity contribution in [1.82, 2.24) is 4.98 Å². The van der Waals surface area contributed by atoms with E-state index in [1.165, 1.54) is 11.8 Å². The van der Waals surface area contributed by atoms with Gasteiger partial charge >= 0.3 is 0 Å². The van der Waals surface area contributed by atoms with E-state index >= 15 is 0 Å². The van der Waals surface area contributed by atoms with Crippen LogP contribution in [0, 0.1) is 0 Å². The number of pyridine rings is 1. The number of hydrogen-bond donors (Lipinski definition) is 0. The van der Waals surface area contributed by atoms with Gasteiger partial charge in [-0.2, -0.15) is 0 Å². The Morgan fingerprint density at radius 3 is 2.70 bits per heavy atom. The Morgan fingerprint density at radius 1 is 1.05 bits per heavy atom. The van der Waals surface area contributed by atoms with E-state index < -0.39 is 0 Å². The van der Waals surface area contributed by atoms with E-state index in [0.717, 1.165) is 20.3 Å². The molecule has 20 heavy (non-hydrogen) atoms. The van der Waals surface area contributed by atoms with E-state index in [1.54, 1.807) is 6.20 Å². The molecule has 0 saturated carbocycles. The first-order chi connectivity index (χ1) is 9.74. The van der Waals surface area contributed by atoms with Crippen molar-refractivity contribution in [3.05, 3.63) is 70.8 Å². The number of aromatic nitrogens is 1. The molecular weight excluding hydrogens is 334 g/mol. The Bertz CT molecular complexity index is 783. The van der Waals surface area contributed by atoms with Crippen LogP contribution in [0.3, 0.4) is 0 Å². The zero-order valence-corrected chi connectivity index (χ0v) is 12.8. The number of carbonyl (C=O) groups excluding carboxylic acids is 1. The van der Waals surface area contributed by atoms with Gasteiger partial charge in [-0.25, -0.2) is 0 Å². The van der Waals surface area contributed by atoms with Crippen molar-refractivity contribution in [2.45, 2.75) is 4.90 Å². The van der Waals surface area contributed by atoms with Crippen molar-refractivity contribution in [2.75, 3.05) is 0 Å². The van der Waals surface area contributed by atoms with Crippen molar-refractivity contribution in [3.63, 3.8) is 0 Å². The van der Waals surface area contributed by atoms with Crippen molar-refractivity contribution in [1.29, 1.82) is 0 Å². The summed E-state index contributed by atoms with van der Waals surface area (Å²) in [5, 5.41) is 1.06. The average Bonchev–Trinajstić information content (AvgIpc) is 2.47. The molecule has 0 spiro atoms. The molecule has 0 bridgehead atoms. The lowest BCUT2D eigenvalue weighted by atomic mass is 10.2. The predicted molar refractivity (Wildman–Crippen MR) is 86.1 cm³/mol. The van der Waals surface area contributed by atoms with Crippen LogP contribution in [-0.2, 0) is 0 Å². The average molecular weight is 344 g/mol. The fourth-order valence-electron chi connectivity index (χ4n) is 1.93. The van der Waals surface area contributed by atoms with Gasteiger partial charge in [-0.05, 0) is 36.0 Å². The maximum atomic E-state index is 12.3. The Kier molecular flexibility index (Phi) is 3.85. The Morgan fingerprint density at radius 2 is 1.85 bits per heavy atom. The van der Waals surface area contributed by atoms with Crippen LogP contribution >= 0.6 is 27.7 Å². The quantitative estimate of drug-likeness (QED) is 0.618. The highest BCUT2D eigenvalue weighted by atomic mass is 79.9. The lowest BCUT2D eigenvalue weighted by Crippen LogP contribution is -1.93. The van der Waals surface area contributed by atoms with Crippen LogP contribution < -0.4 is 0 Å². The number of rotatable bonds is 2. The third kappa shape index (κ3) is 2.76. The maximum Gasteiger partial charge on any atom is 0.224 e. The molecule has 0 unspecified atom stereocenters. The van der Waals surface area contributed by atoms with Crippen molar-refractivity contribution in [2.24, 2.45) is 0 Å². The molecule has 0 saturated heterocycles. The van der Waals surface area contributed by atoms with Gasteiger partial charge in [0.05, 0.1) is 5.52 Å². The molecule has 0 N–H and O–H groups in total. The summed E-state index contributed by atoms with van der Waals surface area (Å²) < 4.78 is 0.903. The molecule has 0 aliphatic rings. The molecule has 0 radical (unpaired) electrons. The first kappa shape index (κ1) is 13.3.